The fourth-order valence-electron chi connectivity index (χ4n) is 3.20. The van der Waals surface area contributed by atoms with E-state index in [1.807, 2.05) is 18.9 Å². The smallest absolute Gasteiger partial charge is 0.350 e. The molecule has 0 saturated heterocycles. The van der Waals surface area contributed by atoms with Crippen molar-refractivity contribution in [3.05, 3.63) is 53.6 Å². The van der Waals surface area contributed by atoms with Crippen molar-refractivity contribution < 1.29 is 17.9 Å². The van der Waals surface area contributed by atoms with Gasteiger partial charge in [0.05, 0.1) is 11.5 Å². The zero-order chi connectivity index (χ0) is 23.7. The quantitative estimate of drug-likeness (QED) is 0.118. The number of carbonyl (C=O) groups is 1. The second kappa shape index (κ2) is 16.5. The monoisotopic (exact) mass is 463 g/mol. The Morgan fingerprint density at radius 2 is 1.47 bits per heavy atom. The van der Waals surface area contributed by atoms with Gasteiger partial charge in [0.25, 0.3) is 0 Å². The maximum atomic E-state index is 13.0. The number of unbranched alkanes of at least 4 members (excludes halogenated alkanes) is 9. The van der Waals surface area contributed by atoms with E-state index in [2.05, 4.69) is 6.92 Å². The van der Waals surface area contributed by atoms with Gasteiger partial charge in [0.1, 0.15) is 0 Å². The van der Waals surface area contributed by atoms with Crippen molar-refractivity contribution in [1.29, 1.82) is 0 Å². The molecule has 1 aromatic carbocycles. The Balaban J connectivity index is 2.57. The number of ether oxygens (including phenoxy) is 1. The maximum absolute atomic E-state index is 13.0. The number of hydrogen-bond acceptors (Lipinski definition) is 5. The molecule has 0 heterocycles. The number of carbonyl (C=O) groups excluding carboxylic acids is 1. The number of nitrogens with zero attached hydrogens (tertiary/aromatic N) is 1. The van der Waals surface area contributed by atoms with E-state index >= 15 is 0 Å². The third-order valence-electron chi connectivity index (χ3n) is 5.36. The van der Waals surface area contributed by atoms with E-state index in [1.165, 1.54) is 63.2 Å². The number of sulfone groups is 1. The highest BCUT2D eigenvalue weighted by Crippen LogP contribution is 2.21. The molecule has 0 N–H and O–H groups in total. The Hall–Kier alpha value is -2.08. The summed E-state index contributed by atoms with van der Waals surface area (Å²) in [4.78, 5) is 14.3. The number of hydrogen-bond donors (Lipinski definition) is 0. The highest BCUT2D eigenvalue weighted by atomic mass is 32.2. The van der Waals surface area contributed by atoms with Crippen LogP contribution in [0.2, 0.25) is 0 Å². The minimum Gasteiger partial charge on any atom is -0.462 e. The van der Waals surface area contributed by atoms with Gasteiger partial charge in [-0.05, 0) is 43.8 Å². The van der Waals surface area contributed by atoms with Gasteiger partial charge >= 0.3 is 5.97 Å². The van der Waals surface area contributed by atoms with Gasteiger partial charge in [-0.3, -0.25) is 0 Å². The van der Waals surface area contributed by atoms with Crippen LogP contribution in [-0.2, 0) is 19.4 Å². The topological polar surface area (TPSA) is 63.7 Å². The highest BCUT2D eigenvalue weighted by Gasteiger charge is 2.27. The summed E-state index contributed by atoms with van der Waals surface area (Å²) in [6.45, 7) is 5.21. The largest absolute Gasteiger partial charge is 0.462 e. The molecule has 1 aromatic rings. The first-order valence-corrected chi connectivity index (χ1v) is 13.5. The predicted octanol–water partition coefficient (Wildman–Crippen LogP) is 6.27. The normalized spacial score (nSPS) is 12.3. The molecule has 6 heteroatoms. The van der Waals surface area contributed by atoms with Gasteiger partial charge in [-0.2, -0.15) is 0 Å². The summed E-state index contributed by atoms with van der Waals surface area (Å²) in [7, 11) is -2.08. The van der Waals surface area contributed by atoms with E-state index in [0.29, 0.717) is 0 Å². The molecule has 0 aliphatic rings. The molecule has 0 aromatic heterocycles. The lowest BCUT2D eigenvalue weighted by molar-refractivity contribution is -0.138. The third-order valence-corrected chi connectivity index (χ3v) is 7.14. The van der Waals surface area contributed by atoms with Gasteiger partial charge in [-0.25, -0.2) is 13.2 Å². The Kier molecular flexibility index (Phi) is 14.4. The van der Waals surface area contributed by atoms with Crippen LogP contribution in [0.15, 0.2) is 58.5 Å². The van der Waals surface area contributed by atoms with Crippen molar-refractivity contribution in [3.8, 4) is 0 Å². The predicted molar refractivity (Wildman–Crippen MR) is 132 cm³/mol. The van der Waals surface area contributed by atoms with E-state index < -0.39 is 15.8 Å². The third kappa shape index (κ3) is 11.0. The summed E-state index contributed by atoms with van der Waals surface area (Å²) in [6, 6.07) is 7.99. The molecule has 0 amide bonds. The Morgan fingerprint density at radius 3 is 2.03 bits per heavy atom. The molecule has 0 aliphatic heterocycles. The molecule has 180 valence electrons. The summed E-state index contributed by atoms with van der Waals surface area (Å²) >= 11 is 0. The number of esters is 1. The average molecular weight is 464 g/mol. The van der Waals surface area contributed by atoms with Gasteiger partial charge in [0.2, 0.25) is 9.84 Å². The van der Waals surface area contributed by atoms with Crippen molar-refractivity contribution in [1.82, 2.24) is 4.90 Å². The standard InChI is InChI=1S/C26H41NO4S/c1-4-6-7-8-9-10-11-12-13-17-23-31-26(28)25(21-18-22-27(3)5-2)32(29,30)24-19-15-14-16-20-24/h14-16,18-22H,4-13,17,23H2,1-3H3/b22-18+,25-21-. The summed E-state index contributed by atoms with van der Waals surface area (Å²) in [5.74, 6) is -0.798. The number of allylic oxidation sites excluding steroid dienone is 2. The van der Waals surface area contributed by atoms with Crippen LogP contribution in [0.1, 0.15) is 78.1 Å². The lowest BCUT2D eigenvalue weighted by atomic mass is 10.1. The molecule has 0 saturated carbocycles. The Labute approximate surface area is 195 Å². The van der Waals surface area contributed by atoms with Crippen molar-refractivity contribution in [2.24, 2.45) is 0 Å². The molecule has 0 atom stereocenters. The molecule has 1 rings (SSSR count). The van der Waals surface area contributed by atoms with Crippen molar-refractivity contribution in [3.63, 3.8) is 0 Å². The lowest BCUT2D eigenvalue weighted by Crippen LogP contribution is -2.17. The number of benzene rings is 1. The fourth-order valence-corrected chi connectivity index (χ4v) is 4.51. The van der Waals surface area contributed by atoms with Crippen LogP contribution in [0.3, 0.4) is 0 Å². The van der Waals surface area contributed by atoms with Gasteiger partial charge < -0.3 is 9.64 Å². The minimum atomic E-state index is -3.95. The molecule has 0 radical (unpaired) electrons. The summed E-state index contributed by atoms with van der Waals surface area (Å²) in [6.07, 6.45) is 16.5. The van der Waals surface area contributed by atoms with Crippen LogP contribution >= 0.6 is 0 Å². The minimum absolute atomic E-state index is 0.0828. The second-order valence-corrected chi connectivity index (χ2v) is 10.00. The van der Waals surface area contributed by atoms with Crippen LogP contribution in [0.25, 0.3) is 0 Å². The molecule has 5 nitrogen and oxygen atoms in total. The molecule has 0 aliphatic carbocycles. The SMILES string of the molecule is CCCCCCCCCCCCOC(=O)/C(=C/C=C/N(C)CC)S(=O)(=O)c1ccccc1. The molecule has 32 heavy (non-hydrogen) atoms. The number of rotatable bonds is 17. The van der Waals surface area contributed by atoms with Crippen LogP contribution in [-0.4, -0.2) is 39.5 Å². The molecule has 0 spiro atoms. The highest BCUT2D eigenvalue weighted by molar-refractivity contribution is 7.96. The van der Waals surface area contributed by atoms with Crippen LogP contribution in [0.4, 0.5) is 0 Å². The van der Waals surface area contributed by atoms with E-state index in [-0.39, 0.29) is 16.4 Å². The van der Waals surface area contributed by atoms with Crippen molar-refractivity contribution in [2.45, 2.75) is 83.0 Å². The Bertz CT molecular complexity index is 800. The van der Waals surface area contributed by atoms with Crippen molar-refractivity contribution >= 4 is 15.8 Å². The van der Waals surface area contributed by atoms with Gasteiger partial charge in [-0.15, -0.1) is 0 Å². The Morgan fingerprint density at radius 1 is 0.906 bits per heavy atom. The van der Waals surface area contributed by atoms with E-state index in [1.54, 1.807) is 30.5 Å². The summed E-state index contributed by atoms with van der Waals surface area (Å²) in [5, 5.41) is 0. The molecule has 0 unspecified atom stereocenters. The zero-order valence-corrected chi connectivity index (χ0v) is 20.9. The zero-order valence-electron chi connectivity index (χ0n) is 20.1. The van der Waals surface area contributed by atoms with Gasteiger partial charge in [0, 0.05) is 13.6 Å². The second-order valence-electron chi connectivity index (χ2n) is 8.08. The van der Waals surface area contributed by atoms with Crippen LogP contribution in [0, 0.1) is 0 Å². The first-order chi connectivity index (χ1) is 15.4. The van der Waals surface area contributed by atoms with Crippen LogP contribution in [0.5, 0.6) is 0 Å². The lowest BCUT2D eigenvalue weighted by Gasteiger charge is -2.11. The van der Waals surface area contributed by atoms with Gasteiger partial charge in [0.15, 0.2) is 4.91 Å². The van der Waals surface area contributed by atoms with Gasteiger partial charge in [-0.1, -0.05) is 82.9 Å². The molecular formula is C26H41NO4S. The van der Waals surface area contributed by atoms with Crippen molar-refractivity contribution in [2.75, 3.05) is 20.2 Å². The molecular weight excluding hydrogens is 422 g/mol. The van der Waals surface area contributed by atoms with E-state index in [4.69, 9.17) is 4.74 Å². The first-order valence-electron chi connectivity index (χ1n) is 12.0. The van der Waals surface area contributed by atoms with E-state index in [9.17, 15) is 13.2 Å². The van der Waals surface area contributed by atoms with Crippen LogP contribution < -0.4 is 0 Å². The summed E-state index contributed by atoms with van der Waals surface area (Å²) < 4.78 is 31.3. The maximum Gasteiger partial charge on any atom is 0.350 e. The summed E-state index contributed by atoms with van der Waals surface area (Å²) in [5.41, 5.74) is 0. The van der Waals surface area contributed by atoms with E-state index in [0.717, 1.165) is 25.8 Å². The first kappa shape index (κ1) is 28.0. The average Bonchev–Trinajstić information content (AvgIpc) is 2.80. The molecule has 0 bridgehead atoms. The molecule has 0 fully saturated rings. The fraction of sp³-hybridized carbons (Fsp3) is 0.577.